The van der Waals surface area contributed by atoms with Gasteiger partial charge in [0.15, 0.2) is 11.3 Å². The molecule has 7 heteroatoms. The summed E-state index contributed by atoms with van der Waals surface area (Å²) < 4.78 is 0. The summed E-state index contributed by atoms with van der Waals surface area (Å²) in [5.74, 6) is -3.08. The Morgan fingerprint density at radius 1 is 0.933 bits per heavy atom. The minimum Gasteiger partial charge on any atom is -0.480 e. The number of carboxylic acid groups (broad SMARTS) is 1. The van der Waals surface area contributed by atoms with Crippen LogP contribution < -0.4 is 5.73 Å². The highest BCUT2D eigenvalue weighted by molar-refractivity contribution is 6.11. The number of nitrogens with two attached hydrogens (primary N) is 1. The van der Waals surface area contributed by atoms with Crippen LogP contribution >= 0.6 is 0 Å². The van der Waals surface area contributed by atoms with Crippen molar-refractivity contribution in [1.82, 2.24) is 0 Å². The normalized spacial score (nSPS) is 12.9. The summed E-state index contributed by atoms with van der Waals surface area (Å²) >= 11 is 0. The fraction of sp³-hybridized carbons (Fsp3) is 0.130. The number of hydrogen-bond donors (Lipinski definition) is 2. The molecule has 0 saturated heterocycles. The number of carbonyl (C=O) groups excluding carboxylic acids is 1. The smallest absolute Gasteiger partial charge is 0.331 e. The van der Waals surface area contributed by atoms with Crippen LogP contribution in [0.25, 0.3) is 0 Å². The molecule has 0 saturated carbocycles. The number of carboxylic acids is 1. The topological polar surface area (TPSA) is 124 Å². The minimum atomic E-state index is -2.27. The van der Waals surface area contributed by atoms with E-state index in [1.807, 2.05) is 0 Å². The first-order valence-electron chi connectivity index (χ1n) is 9.23. The summed E-state index contributed by atoms with van der Waals surface area (Å²) in [6, 6.07) is 23.1. The maximum atomic E-state index is 13.6. The van der Waals surface area contributed by atoms with Crippen LogP contribution in [0.3, 0.4) is 0 Å². The van der Waals surface area contributed by atoms with Crippen molar-refractivity contribution in [2.45, 2.75) is 17.9 Å². The summed E-state index contributed by atoms with van der Waals surface area (Å²) in [6.45, 7) is 0. The Labute approximate surface area is 172 Å². The first-order valence-corrected chi connectivity index (χ1v) is 9.23. The van der Waals surface area contributed by atoms with Crippen molar-refractivity contribution in [3.63, 3.8) is 0 Å². The number of aliphatic carboxylic acids is 1. The Bertz CT molecular complexity index is 1030. The molecule has 0 unspecified atom stereocenters. The fourth-order valence-corrected chi connectivity index (χ4v) is 3.41. The van der Waals surface area contributed by atoms with Crippen LogP contribution in [0.15, 0.2) is 84.9 Å². The van der Waals surface area contributed by atoms with Gasteiger partial charge in [0.25, 0.3) is 5.69 Å². The Balaban J connectivity index is 2.06. The van der Waals surface area contributed by atoms with Gasteiger partial charge in [-0.05, 0) is 16.7 Å². The van der Waals surface area contributed by atoms with Gasteiger partial charge in [0.1, 0.15) is 0 Å². The number of hydrogen-bond acceptors (Lipinski definition) is 5. The van der Waals surface area contributed by atoms with Gasteiger partial charge < -0.3 is 10.8 Å². The van der Waals surface area contributed by atoms with E-state index in [0.717, 1.165) is 0 Å². The summed E-state index contributed by atoms with van der Waals surface area (Å²) in [5, 5.41) is 21.0. The van der Waals surface area contributed by atoms with Gasteiger partial charge in [-0.15, -0.1) is 0 Å². The van der Waals surface area contributed by atoms with Crippen LogP contribution in [0.2, 0.25) is 0 Å². The second kappa shape index (κ2) is 8.67. The van der Waals surface area contributed by atoms with E-state index in [-0.39, 0.29) is 12.1 Å². The molecule has 0 aliphatic rings. The Hall–Kier alpha value is -3.84. The number of ketones is 1. The Morgan fingerprint density at radius 3 is 1.93 bits per heavy atom. The highest BCUT2D eigenvalue weighted by Gasteiger charge is 2.46. The average molecular weight is 404 g/mol. The van der Waals surface area contributed by atoms with Gasteiger partial charge in [-0.3, -0.25) is 14.9 Å². The van der Waals surface area contributed by atoms with E-state index in [0.29, 0.717) is 16.7 Å². The van der Waals surface area contributed by atoms with Crippen molar-refractivity contribution in [3.8, 4) is 0 Å². The monoisotopic (exact) mass is 404 g/mol. The number of nitro benzene ring substituents is 1. The zero-order chi connectivity index (χ0) is 21.7. The quantitative estimate of drug-likeness (QED) is 0.337. The van der Waals surface area contributed by atoms with E-state index in [9.17, 15) is 24.8 Å². The van der Waals surface area contributed by atoms with E-state index in [1.54, 1.807) is 60.7 Å². The molecule has 0 radical (unpaired) electrons. The number of carbonyl (C=O) groups is 2. The maximum absolute atomic E-state index is 13.6. The molecule has 0 fully saturated rings. The molecule has 3 aromatic rings. The zero-order valence-corrected chi connectivity index (χ0v) is 16.0. The molecule has 1 atom stereocenters. The maximum Gasteiger partial charge on any atom is 0.331 e. The van der Waals surface area contributed by atoms with E-state index >= 15 is 0 Å². The first kappa shape index (κ1) is 20.9. The van der Waals surface area contributed by atoms with Crippen LogP contribution in [0.5, 0.6) is 0 Å². The van der Waals surface area contributed by atoms with Crippen LogP contribution in [0, 0.1) is 10.1 Å². The molecule has 30 heavy (non-hydrogen) atoms. The predicted octanol–water partition coefficient (Wildman–Crippen LogP) is 3.32. The Kier molecular flexibility index (Phi) is 6.03. The lowest BCUT2D eigenvalue weighted by molar-refractivity contribution is -0.384. The van der Waals surface area contributed by atoms with Crippen molar-refractivity contribution in [3.05, 3.63) is 112 Å². The predicted molar refractivity (Wildman–Crippen MR) is 111 cm³/mol. The standard InChI is InChI=1S/C23H20N2O5/c24-23(22(27)28,15-16-8-7-13-19(14-16)25(29)30)21(26)20(17-9-3-1-4-10-17)18-11-5-2-6-12-18/h1-14,20H,15,24H2,(H,27,28)/t23-/m1/s1. The summed E-state index contributed by atoms with van der Waals surface area (Å²) in [5.41, 5.74) is 5.25. The largest absolute Gasteiger partial charge is 0.480 e. The molecule has 3 aromatic carbocycles. The third-order valence-corrected chi connectivity index (χ3v) is 4.95. The molecule has 0 amide bonds. The van der Waals surface area contributed by atoms with E-state index < -0.39 is 28.1 Å². The van der Waals surface area contributed by atoms with Gasteiger partial charge in [-0.2, -0.15) is 0 Å². The lowest BCUT2D eigenvalue weighted by atomic mass is 9.76. The van der Waals surface area contributed by atoms with Crippen molar-refractivity contribution in [2.24, 2.45) is 5.73 Å². The van der Waals surface area contributed by atoms with Crippen molar-refractivity contribution in [1.29, 1.82) is 0 Å². The third-order valence-electron chi connectivity index (χ3n) is 4.95. The minimum absolute atomic E-state index is 0.199. The van der Waals surface area contributed by atoms with Crippen LogP contribution in [0.4, 0.5) is 5.69 Å². The summed E-state index contributed by atoms with van der Waals surface area (Å²) in [4.78, 5) is 36.2. The van der Waals surface area contributed by atoms with Gasteiger partial charge in [-0.1, -0.05) is 72.8 Å². The highest BCUT2D eigenvalue weighted by atomic mass is 16.6. The number of Topliss-reactive ketones (excluding diaryl/α,β-unsaturated/α-hetero) is 1. The van der Waals surface area contributed by atoms with E-state index in [2.05, 4.69) is 0 Å². The number of rotatable bonds is 8. The molecule has 7 nitrogen and oxygen atoms in total. The van der Waals surface area contributed by atoms with Gasteiger partial charge >= 0.3 is 5.97 Å². The van der Waals surface area contributed by atoms with E-state index in [1.165, 1.54) is 24.3 Å². The molecule has 0 aliphatic heterocycles. The fourth-order valence-electron chi connectivity index (χ4n) is 3.41. The molecule has 0 heterocycles. The SMILES string of the molecule is N[C@@](Cc1cccc([N+](=O)[O-])c1)(C(=O)O)C(=O)C(c1ccccc1)c1ccccc1. The lowest BCUT2D eigenvalue weighted by Gasteiger charge is -2.29. The molecular formula is C23H20N2O5. The second-order valence-corrected chi connectivity index (χ2v) is 7.00. The lowest BCUT2D eigenvalue weighted by Crippen LogP contribution is -2.58. The van der Waals surface area contributed by atoms with Crippen LogP contribution in [-0.4, -0.2) is 27.3 Å². The molecule has 0 aliphatic carbocycles. The average Bonchev–Trinajstić information content (AvgIpc) is 2.75. The molecular weight excluding hydrogens is 384 g/mol. The van der Waals surface area contributed by atoms with Crippen LogP contribution in [-0.2, 0) is 16.0 Å². The zero-order valence-electron chi connectivity index (χ0n) is 16.0. The highest BCUT2D eigenvalue weighted by Crippen LogP contribution is 2.31. The molecule has 3 rings (SSSR count). The van der Waals surface area contributed by atoms with Gasteiger partial charge in [0, 0.05) is 18.6 Å². The van der Waals surface area contributed by atoms with Crippen molar-refractivity contribution in [2.75, 3.05) is 0 Å². The molecule has 0 bridgehead atoms. The van der Waals surface area contributed by atoms with Crippen molar-refractivity contribution >= 4 is 17.4 Å². The molecule has 0 aromatic heterocycles. The van der Waals surface area contributed by atoms with Crippen LogP contribution in [0.1, 0.15) is 22.6 Å². The van der Waals surface area contributed by atoms with Crippen molar-refractivity contribution < 1.29 is 19.6 Å². The number of nitro groups is 1. The number of benzene rings is 3. The molecule has 3 N–H and O–H groups in total. The molecule has 0 spiro atoms. The second-order valence-electron chi connectivity index (χ2n) is 7.00. The van der Waals surface area contributed by atoms with Gasteiger partial charge in [-0.25, -0.2) is 4.79 Å². The summed E-state index contributed by atoms with van der Waals surface area (Å²) in [7, 11) is 0. The third kappa shape index (κ3) is 4.26. The van der Waals surface area contributed by atoms with Gasteiger partial charge in [0.2, 0.25) is 0 Å². The number of nitrogens with zero attached hydrogens (tertiary/aromatic N) is 1. The first-order chi connectivity index (χ1) is 14.3. The molecule has 152 valence electrons. The Morgan fingerprint density at radius 2 is 1.47 bits per heavy atom. The number of non-ortho nitro benzene ring substituents is 1. The summed E-state index contributed by atoms with van der Waals surface area (Å²) in [6.07, 6.45) is -0.376. The van der Waals surface area contributed by atoms with E-state index in [4.69, 9.17) is 5.73 Å². The van der Waals surface area contributed by atoms with Gasteiger partial charge in [0.05, 0.1) is 10.8 Å².